The van der Waals surface area contributed by atoms with E-state index in [1.807, 2.05) is 0 Å². The van der Waals surface area contributed by atoms with Crippen LogP contribution in [0.1, 0.15) is 12.8 Å². The summed E-state index contributed by atoms with van der Waals surface area (Å²) >= 11 is 0. The quantitative estimate of drug-likeness (QED) is 0.794. The van der Waals surface area contributed by atoms with E-state index in [-0.39, 0.29) is 34.9 Å². The van der Waals surface area contributed by atoms with Crippen LogP contribution in [-0.4, -0.2) is 51.0 Å². The van der Waals surface area contributed by atoms with Crippen molar-refractivity contribution in [1.82, 2.24) is 10.2 Å². The van der Waals surface area contributed by atoms with Crippen LogP contribution in [-0.2, 0) is 19.4 Å². The molecule has 0 spiro atoms. The second-order valence-electron chi connectivity index (χ2n) is 5.57. The Kier molecular flexibility index (Phi) is 5.35. The number of amides is 2. The highest BCUT2D eigenvalue weighted by molar-refractivity contribution is 7.91. The summed E-state index contributed by atoms with van der Waals surface area (Å²) in [5.41, 5.74) is 0. The molecular weight excluding hydrogens is 323 g/mol. The fourth-order valence-corrected chi connectivity index (χ4v) is 3.60. The first-order chi connectivity index (χ1) is 10.8. The van der Waals surface area contributed by atoms with E-state index >= 15 is 0 Å². The first-order valence-electron chi connectivity index (χ1n) is 7.29. The lowest BCUT2D eigenvalue weighted by Crippen LogP contribution is -2.44. The summed E-state index contributed by atoms with van der Waals surface area (Å²) in [5.74, 6) is -1.32. The van der Waals surface area contributed by atoms with Gasteiger partial charge in [0.05, 0.1) is 16.6 Å². The zero-order valence-corrected chi connectivity index (χ0v) is 13.6. The van der Waals surface area contributed by atoms with Gasteiger partial charge in [0.15, 0.2) is 9.84 Å². The Morgan fingerprint density at radius 3 is 2.61 bits per heavy atom. The number of benzene rings is 1. The van der Waals surface area contributed by atoms with Gasteiger partial charge >= 0.3 is 0 Å². The van der Waals surface area contributed by atoms with Crippen molar-refractivity contribution >= 4 is 21.7 Å². The topological polar surface area (TPSA) is 83.6 Å². The number of hydrogen-bond acceptors (Lipinski definition) is 4. The average Bonchev–Trinajstić information content (AvgIpc) is 2.50. The molecule has 8 heteroatoms. The van der Waals surface area contributed by atoms with Gasteiger partial charge in [-0.3, -0.25) is 9.59 Å². The van der Waals surface area contributed by atoms with E-state index in [0.717, 1.165) is 12.1 Å². The number of halogens is 1. The number of nitrogens with zero attached hydrogens (tertiary/aromatic N) is 1. The molecule has 1 aromatic rings. The van der Waals surface area contributed by atoms with Crippen molar-refractivity contribution in [1.29, 1.82) is 0 Å². The van der Waals surface area contributed by atoms with Gasteiger partial charge in [-0.2, -0.15) is 0 Å². The first-order valence-corrected chi connectivity index (χ1v) is 8.95. The SMILES string of the molecule is CN1C[C@H](C(=O)NCCS(=O)(=O)c2ccc(F)cc2)CCC1=O. The summed E-state index contributed by atoms with van der Waals surface area (Å²) < 4.78 is 37.0. The van der Waals surface area contributed by atoms with E-state index in [1.54, 1.807) is 7.05 Å². The number of carbonyl (C=O) groups is 2. The maximum atomic E-state index is 12.8. The third-order valence-electron chi connectivity index (χ3n) is 3.84. The van der Waals surface area contributed by atoms with Crippen LogP contribution in [0.25, 0.3) is 0 Å². The molecule has 0 aromatic heterocycles. The Balaban J connectivity index is 1.85. The Hall–Kier alpha value is -1.96. The Labute approximate surface area is 134 Å². The van der Waals surface area contributed by atoms with Crippen molar-refractivity contribution in [2.24, 2.45) is 5.92 Å². The zero-order valence-electron chi connectivity index (χ0n) is 12.8. The predicted octanol–water partition coefficient (Wildman–Crippen LogP) is 0.584. The van der Waals surface area contributed by atoms with Gasteiger partial charge in [0.25, 0.3) is 0 Å². The number of hydrogen-bond donors (Lipinski definition) is 1. The molecule has 23 heavy (non-hydrogen) atoms. The Bertz CT molecular complexity index is 688. The van der Waals surface area contributed by atoms with Gasteiger partial charge in [-0.1, -0.05) is 0 Å². The van der Waals surface area contributed by atoms with Crippen molar-refractivity contribution < 1.29 is 22.4 Å². The van der Waals surface area contributed by atoms with Gasteiger partial charge < -0.3 is 10.2 Å². The van der Waals surface area contributed by atoms with Gasteiger partial charge in [0.2, 0.25) is 11.8 Å². The molecule has 0 aliphatic carbocycles. The van der Waals surface area contributed by atoms with Crippen molar-refractivity contribution in [2.45, 2.75) is 17.7 Å². The standard InChI is InChI=1S/C15H19FN2O4S/c1-18-10-11(2-7-14(18)19)15(20)17-8-9-23(21,22)13-5-3-12(16)4-6-13/h3-6,11H,2,7-10H2,1H3,(H,17,20)/t11-/m1/s1. The van der Waals surface area contributed by atoms with Crippen LogP contribution >= 0.6 is 0 Å². The maximum Gasteiger partial charge on any atom is 0.224 e. The molecule has 126 valence electrons. The highest BCUT2D eigenvalue weighted by Crippen LogP contribution is 2.16. The number of sulfone groups is 1. The summed E-state index contributed by atoms with van der Waals surface area (Å²) in [6, 6.07) is 4.57. The number of piperidine rings is 1. The van der Waals surface area contributed by atoms with Crippen LogP contribution in [0.3, 0.4) is 0 Å². The van der Waals surface area contributed by atoms with Crippen molar-refractivity contribution in [3.63, 3.8) is 0 Å². The molecular formula is C15H19FN2O4S. The fourth-order valence-electron chi connectivity index (χ4n) is 2.44. The van der Waals surface area contributed by atoms with Crippen LogP contribution in [0.4, 0.5) is 4.39 Å². The number of carbonyl (C=O) groups excluding carboxylic acids is 2. The summed E-state index contributed by atoms with van der Waals surface area (Å²) in [6.45, 7) is 0.322. The highest BCUT2D eigenvalue weighted by Gasteiger charge is 2.28. The van der Waals surface area contributed by atoms with E-state index < -0.39 is 15.7 Å². The minimum atomic E-state index is -3.57. The van der Waals surface area contributed by atoms with E-state index in [4.69, 9.17) is 0 Å². The lowest BCUT2D eigenvalue weighted by atomic mass is 9.97. The molecule has 1 fully saturated rings. The predicted molar refractivity (Wildman–Crippen MR) is 81.8 cm³/mol. The van der Waals surface area contributed by atoms with Crippen molar-refractivity contribution in [3.05, 3.63) is 30.1 Å². The minimum Gasteiger partial charge on any atom is -0.355 e. The fraction of sp³-hybridized carbons (Fsp3) is 0.467. The zero-order chi connectivity index (χ0) is 17.0. The summed E-state index contributed by atoms with van der Waals surface area (Å²) in [7, 11) is -1.93. The van der Waals surface area contributed by atoms with Crippen LogP contribution in [0, 0.1) is 11.7 Å². The Morgan fingerprint density at radius 1 is 1.35 bits per heavy atom. The van der Waals surface area contributed by atoms with Crippen LogP contribution in [0.5, 0.6) is 0 Å². The first kappa shape index (κ1) is 17.4. The molecule has 1 aliphatic heterocycles. The molecule has 0 saturated carbocycles. The average molecular weight is 342 g/mol. The molecule has 0 unspecified atom stereocenters. The smallest absolute Gasteiger partial charge is 0.224 e. The normalized spacial score (nSPS) is 18.8. The molecule has 2 rings (SSSR count). The molecule has 1 aromatic carbocycles. The van der Waals surface area contributed by atoms with E-state index in [2.05, 4.69) is 5.32 Å². The van der Waals surface area contributed by atoms with Gasteiger partial charge in [-0.25, -0.2) is 12.8 Å². The van der Waals surface area contributed by atoms with Gasteiger partial charge in [-0.15, -0.1) is 0 Å². The molecule has 1 heterocycles. The van der Waals surface area contributed by atoms with Crippen LogP contribution < -0.4 is 5.32 Å². The molecule has 1 atom stereocenters. The summed E-state index contributed by atoms with van der Waals surface area (Å²) in [4.78, 5) is 24.9. The third-order valence-corrected chi connectivity index (χ3v) is 5.57. The maximum absolute atomic E-state index is 12.8. The molecule has 2 amide bonds. The number of nitrogens with one attached hydrogen (secondary N) is 1. The summed E-state index contributed by atoms with van der Waals surface area (Å²) in [5, 5.41) is 2.59. The molecule has 0 bridgehead atoms. The molecule has 1 saturated heterocycles. The number of rotatable bonds is 5. The minimum absolute atomic E-state index is 0.00735. The molecule has 1 N–H and O–H groups in total. The molecule has 1 aliphatic rings. The van der Waals surface area contributed by atoms with Gasteiger partial charge in [0, 0.05) is 26.6 Å². The van der Waals surface area contributed by atoms with E-state index in [0.29, 0.717) is 19.4 Å². The highest BCUT2D eigenvalue weighted by atomic mass is 32.2. The monoisotopic (exact) mass is 342 g/mol. The Morgan fingerprint density at radius 2 is 2.00 bits per heavy atom. The molecule has 6 nitrogen and oxygen atoms in total. The van der Waals surface area contributed by atoms with Crippen molar-refractivity contribution in [3.8, 4) is 0 Å². The largest absolute Gasteiger partial charge is 0.355 e. The third kappa shape index (κ3) is 4.51. The lowest BCUT2D eigenvalue weighted by molar-refractivity contribution is -0.136. The second-order valence-corrected chi connectivity index (χ2v) is 7.68. The van der Waals surface area contributed by atoms with Crippen molar-refractivity contribution in [2.75, 3.05) is 25.9 Å². The van der Waals surface area contributed by atoms with E-state index in [9.17, 15) is 22.4 Å². The second kappa shape index (κ2) is 7.08. The molecule has 0 radical (unpaired) electrons. The number of likely N-dealkylation sites (tertiary alicyclic amines) is 1. The van der Waals surface area contributed by atoms with Gasteiger partial charge in [-0.05, 0) is 30.7 Å². The van der Waals surface area contributed by atoms with Crippen LogP contribution in [0.15, 0.2) is 29.2 Å². The summed E-state index contributed by atoms with van der Waals surface area (Å²) in [6.07, 6.45) is 0.794. The van der Waals surface area contributed by atoms with Crippen LogP contribution in [0.2, 0.25) is 0 Å². The van der Waals surface area contributed by atoms with Gasteiger partial charge in [0.1, 0.15) is 5.82 Å². The van der Waals surface area contributed by atoms with E-state index in [1.165, 1.54) is 17.0 Å². The lowest BCUT2D eigenvalue weighted by Gasteiger charge is -2.28.